The second-order valence-electron chi connectivity index (χ2n) is 6.35. The van der Waals surface area contributed by atoms with Gasteiger partial charge in [0.15, 0.2) is 0 Å². The first-order chi connectivity index (χ1) is 10.2. The first-order valence-corrected chi connectivity index (χ1v) is 8.66. The third-order valence-corrected chi connectivity index (χ3v) is 4.77. The number of aryl methyl sites for hydroxylation is 1. The lowest BCUT2D eigenvalue weighted by Gasteiger charge is -2.32. The van der Waals surface area contributed by atoms with E-state index in [0.717, 1.165) is 19.1 Å². The van der Waals surface area contributed by atoms with Gasteiger partial charge in [0.1, 0.15) is 0 Å². The van der Waals surface area contributed by atoms with Crippen molar-refractivity contribution in [3.05, 3.63) is 35.4 Å². The molecule has 3 atom stereocenters. The van der Waals surface area contributed by atoms with Crippen LogP contribution < -0.4 is 5.32 Å². The van der Waals surface area contributed by atoms with E-state index in [0.29, 0.717) is 12.1 Å². The summed E-state index contributed by atoms with van der Waals surface area (Å²) in [5.41, 5.74) is 2.65. The van der Waals surface area contributed by atoms with Gasteiger partial charge in [-0.25, -0.2) is 0 Å². The second kappa shape index (κ2) is 8.55. The van der Waals surface area contributed by atoms with Gasteiger partial charge < -0.3 is 10.1 Å². The normalized spacial score (nSPS) is 24.0. The van der Waals surface area contributed by atoms with Crippen molar-refractivity contribution in [2.75, 3.05) is 13.2 Å². The number of likely N-dealkylation sites (N-methyl/N-ethyl adjacent to an activating group) is 1. The van der Waals surface area contributed by atoms with Crippen LogP contribution in [-0.4, -0.2) is 19.3 Å². The van der Waals surface area contributed by atoms with Gasteiger partial charge in [-0.2, -0.15) is 0 Å². The summed E-state index contributed by atoms with van der Waals surface area (Å²) < 4.78 is 6.32. The molecular weight excluding hydrogens is 258 g/mol. The lowest BCUT2D eigenvalue weighted by Crippen LogP contribution is -2.32. The van der Waals surface area contributed by atoms with E-state index in [2.05, 4.69) is 50.4 Å². The molecule has 1 aliphatic carbocycles. The summed E-state index contributed by atoms with van der Waals surface area (Å²) >= 11 is 0. The fourth-order valence-electron chi connectivity index (χ4n) is 3.40. The molecule has 1 fully saturated rings. The van der Waals surface area contributed by atoms with Gasteiger partial charge in [-0.05, 0) is 37.8 Å². The Labute approximate surface area is 130 Å². The third-order valence-electron chi connectivity index (χ3n) is 4.77. The molecule has 21 heavy (non-hydrogen) atoms. The number of hydrogen-bond acceptors (Lipinski definition) is 2. The largest absolute Gasteiger partial charge is 0.376 e. The first kappa shape index (κ1) is 16.5. The highest BCUT2D eigenvalue weighted by Gasteiger charge is 2.25. The molecule has 0 radical (unpaired) electrons. The summed E-state index contributed by atoms with van der Waals surface area (Å²) in [5, 5.41) is 3.57. The van der Waals surface area contributed by atoms with E-state index >= 15 is 0 Å². The zero-order valence-corrected chi connectivity index (χ0v) is 13.9. The molecule has 1 aromatic carbocycles. The summed E-state index contributed by atoms with van der Waals surface area (Å²) in [6, 6.07) is 9.15. The van der Waals surface area contributed by atoms with Crippen LogP contribution in [0.15, 0.2) is 24.3 Å². The Morgan fingerprint density at radius 2 is 1.86 bits per heavy atom. The predicted molar refractivity (Wildman–Crippen MR) is 89.6 cm³/mol. The van der Waals surface area contributed by atoms with Crippen LogP contribution in [0.4, 0.5) is 0 Å². The van der Waals surface area contributed by atoms with Crippen molar-refractivity contribution in [1.82, 2.24) is 5.32 Å². The number of ether oxygens (including phenoxy) is 1. The summed E-state index contributed by atoms with van der Waals surface area (Å²) in [7, 11) is 0. The zero-order valence-electron chi connectivity index (χ0n) is 13.9. The average Bonchev–Trinajstić information content (AvgIpc) is 2.52. The minimum Gasteiger partial charge on any atom is -0.376 e. The van der Waals surface area contributed by atoms with Crippen molar-refractivity contribution in [1.29, 1.82) is 0 Å². The van der Waals surface area contributed by atoms with E-state index in [1.807, 2.05) is 0 Å². The van der Waals surface area contributed by atoms with Crippen LogP contribution in [0.5, 0.6) is 0 Å². The molecule has 0 bridgehead atoms. The summed E-state index contributed by atoms with van der Waals surface area (Å²) in [4.78, 5) is 0. The minimum absolute atomic E-state index is 0.315. The smallest absolute Gasteiger partial charge is 0.0665 e. The van der Waals surface area contributed by atoms with Gasteiger partial charge in [-0.15, -0.1) is 0 Å². The van der Waals surface area contributed by atoms with Gasteiger partial charge in [0.2, 0.25) is 0 Å². The van der Waals surface area contributed by atoms with E-state index in [1.54, 1.807) is 0 Å². The lowest BCUT2D eigenvalue weighted by atomic mass is 9.85. The van der Waals surface area contributed by atoms with E-state index in [1.165, 1.54) is 43.2 Å². The number of benzene rings is 1. The second-order valence-corrected chi connectivity index (χ2v) is 6.35. The molecular formula is C19H31NO. The first-order valence-electron chi connectivity index (χ1n) is 8.66. The average molecular weight is 289 g/mol. The maximum absolute atomic E-state index is 6.32. The topological polar surface area (TPSA) is 21.3 Å². The Kier molecular flexibility index (Phi) is 6.72. The highest BCUT2D eigenvalue weighted by Crippen LogP contribution is 2.30. The Balaban J connectivity index is 1.94. The molecule has 1 saturated carbocycles. The van der Waals surface area contributed by atoms with Crippen LogP contribution in [0.1, 0.15) is 63.1 Å². The Bertz CT molecular complexity index is 401. The Morgan fingerprint density at radius 1 is 1.14 bits per heavy atom. The van der Waals surface area contributed by atoms with Crippen LogP contribution in [0.25, 0.3) is 0 Å². The van der Waals surface area contributed by atoms with Crippen LogP contribution in [-0.2, 0) is 4.74 Å². The minimum atomic E-state index is 0.315. The standard InChI is InChI=1S/C19H31NO/c1-4-16-8-6-7-9-19(16)21-14-18(20-5-2)17-12-10-15(3)11-13-17/h10-13,16,18-20H,4-9,14H2,1-3H3. The molecule has 1 aromatic rings. The van der Waals surface area contributed by atoms with E-state index < -0.39 is 0 Å². The predicted octanol–water partition coefficient (Wildman–Crippen LogP) is 4.63. The molecule has 3 unspecified atom stereocenters. The molecule has 1 N–H and O–H groups in total. The van der Waals surface area contributed by atoms with Crippen LogP contribution in [0, 0.1) is 12.8 Å². The fraction of sp³-hybridized carbons (Fsp3) is 0.684. The third kappa shape index (κ3) is 4.82. The number of nitrogens with one attached hydrogen (secondary N) is 1. The summed E-state index contributed by atoms with van der Waals surface area (Å²) in [6.07, 6.45) is 7.02. The van der Waals surface area contributed by atoms with E-state index in [-0.39, 0.29) is 0 Å². The monoisotopic (exact) mass is 289 g/mol. The summed E-state index contributed by atoms with van der Waals surface area (Å²) in [6.45, 7) is 8.36. The van der Waals surface area contributed by atoms with Crippen LogP contribution in [0.3, 0.4) is 0 Å². The van der Waals surface area contributed by atoms with Crippen molar-refractivity contribution < 1.29 is 4.74 Å². The quantitative estimate of drug-likeness (QED) is 0.790. The lowest BCUT2D eigenvalue weighted by molar-refractivity contribution is -0.0216. The molecule has 2 nitrogen and oxygen atoms in total. The Hall–Kier alpha value is -0.860. The van der Waals surface area contributed by atoms with E-state index in [4.69, 9.17) is 4.74 Å². The molecule has 0 heterocycles. The molecule has 0 aromatic heterocycles. The van der Waals surface area contributed by atoms with Gasteiger partial charge in [-0.1, -0.05) is 62.9 Å². The van der Waals surface area contributed by atoms with Gasteiger partial charge >= 0.3 is 0 Å². The van der Waals surface area contributed by atoms with Gasteiger partial charge in [0.05, 0.1) is 18.8 Å². The molecule has 2 heteroatoms. The van der Waals surface area contributed by atoms with Gasteiger partial charge in [-0.3, -0.25) is 0 Å². The maximum atomic E-state index is 6.32. The molecule has 118 valence electrons. The van der Waals surface area contributed by atoms with Crippen molar-refractivity contribution in [2.45, 2.75) is 65.0 Å². The van der Waals surface area contributed by atoms with Crippen molar-refractivity contribution in [3.8, 4) is 0 Å². The van der Waals surface area contributed by atoms with Crippen LogP contribution in [0.2, 0.25) is 0 Å². The molecule has 0 saturated heterocycles. The van der Waals surface area contributed by atoms with Gasteiger partial charge in [0.25, 0.3) is 0 Å². The highest BCUT2D eigenvalue weighted by molar-refractivity contribution is 5.24. The van der Waals surface area contributed by atoms with Crippen molar-refractivity contribution >= 4 is 0 Å². The Morgan fingerprint density at radius 3 is 2.52 bits per heavy atom. The number of hydrogen-bond donors (Lipinski definition) is 1. The fourth-order valence-corrected chi connectivity index (χ4v) is 3.40. The molecule has 0 aliphatic heterocycles. The van der Waals surface area contributed by atoms with Crippen molar-refractivity contribution in [3.63, 3.8) is 0 Å². The maximum Gasteiger partial charge on any atom is 0.0665 e. The molecule has 1 aliphatic rings. The SMILES string of the molecule is CCNC(COC1CCCCC1CC)c1ccc(C)cc1. The molecule has 0 spiro atoms. The molecule has 0 amide bonds. The summed E-state index contributed by atoms with van der Waals surface area (Å²) in [5.74, 6) is 0.763. The van der Waals surface area contributed by atoms with Crippen LogP contribution >= 0.6 is 0 Å². The number of rotatable bonds is 7. The zero-order chi connectivity index (χ0) is 15.1. The van der Waals surface area contributed by atoms with Crippen molar-refractivity contribution in [2.24, 2.45) is 5.92 Å². The van der Waals surface area contributed by atoms with E-state index in [9.17, 15) is 0 Å². The molecule has 2 rings (SSSR count). The van der Waals surface area contributed by atoms with Gasteiger partial charge in [0, 0.05) is 0 Å². The highest BCUT2D eigenvalue weighted by atomic mass is 16.5.